The highest BCUT2D eigenvalue weighted by molar-refractivity contribution is 5.91. The van der Waals surface area contributed by atoms with Gasteiger partial charge in [-0.3, -0.25) is 4.79 Å². The van der Waals surface area contributed by atoms with E-state index < -0.39 is 35.0 Å². The van der Waals surface area contributed by atoms with E-state index in [0.717, 1.165) is 12.1 Å². The Morgan fingerprint density at radius 1 is 1.28 bits per heavy atom. The van der Waals surface area contributed by atoms with E-state index in [4.69, 9.17) is 4.74 Å². The van der Waals surface area contributed by atoms with Gasteiger partial charge < -0.3 is 15.2 Å². The molecule has 0 spiro atoms. The van der Waals surface area contributed by atoms with E-state index in [1.54, 1.807) is 0 Å². The third-order valence-corrected chi connectivity index (χ3v) is 4.54. The van der Waals surface area contributed by atoms with Crippen molar-refractivity contribution < 1.29 is 28.2 Å². The summed E-state index contributed by atoms with van der Waals surface area (Å²) in [4.78, 5) is 24.4. The molecule has 0 aliphatic carbocycles. The second-order valence-electron chi connectivity index (χ2n) is 6.81. The van der Waals surface area contributed by atoms with Crippen molar-refractivity contribution in [3.05, 3.63) is 35.4 Å². The van der Waals surface area contributed by atoms with Crippen LogP contribution < -0.4 is 5.32 Å². The van der Waals surface area contributed by atoms with Crippen molar-refractivity contribution in [2.75, 3.05) is 13.2 Å². The zero-order chi connectivity index (χ0) is 18.6. The first kappa shape index (κ1) is 19.3. The molecule has 0 aromatic heterocycles. The lowest BCUT2D eigenvalue weighted by molar-refractivity contribution is -0.144. The first-order valence-electron chi connectivity index (χ1n) is 8.33. The highest BCUT2D eigenvalue weighted by atomic mass is 19.1. The van der Waals surface area contributed by atoms with Gasteiger partial charge in [-0.15, -0.1) is 0 Å². The molecule has 25 heavy (non-hydrogen) atoms. The van der Waals surface area contributed by atoms with Gasteiger partial charge in [0.1, 0.15) is 17.7 Å². The molecule has 1 atom stereocenters. The van der Waals surface area contributed by atoms with Crippen LogP contribution in [0.15, 0.2) is 18.2 Å². The molecule has 1 aliphatic heterocycles. The number of nitrogens with one attached hydrogen (secondary N) is 1. The van der Waals surface area contributed by atoms with Crippen molar-refractivity contribution in [2.45, 2.75) is 44.6 Å². The Hall–Kier alpha value is -2.02. The van der Waals surface area contributed by atoms with Crippen LogP contribution in [-0.2, 0) is 19.7 Å². The molecule has 0 unspecified atom stereocenters. The van der Waals surface area contributed by atoms with Crippen LogP contribution in [-0.4, -0.2) is 36.2 Å². The lowest BCUT2D eigenvalue weighted by Gasteiger charge is -2.37. The van der Waals surface area contributed by atoms with Crippen molar-refractivity contribution in [1.82, 2.24) is 5.32 Å². The van der Waals surface area contributed by atoms with Gasteiger partial charge in [0.15, 0.2) is 0 Å². The second-order valence-corrected chi connectivity index (χ2v) is 6.81. The van der Waals surface area contributed by atoms with Crippen LogP contribution in [0.2, 0.25) is 0 Å². The SMILES string of the molecule is CC(C)C[C@@H](NC(=O)C1(c2ccc(F)cc2F)CCOCC1)C(=O)O. The largest absolute Gasteiger partial charge is 0.480 e. The van der Waals surface area contributed by atoms with Crippen LogP contribution >= 0.6 is 0 Å². The van der Waals surface area contributed by atoms with Gasteiger partial charge in [0.2, 0.25) is 5.91 Å². The highest BCUT2D eigenvalue weighted by Gasteiger charge is 2.44. The zero-order valence-electron chi connectivity index (χ0n) is 14.4. The average Bonchev–Trinajstić information content (AvgIpc) is 2.54. The van der Waals surface area contributed by atoms with Crippen LogP contribution in [0.5, 0.6) is 0 Å². The number of benzene rings is 1. The van der Waals surface area contributed by atoms with Crippen LogP contribution in [0.3, 0.4) is 0 Å². The molecule has 0 radical (unpaired) electrons. The molecule has 1 fully saturated rings. The second kappa shape index (κ2) is 7.91. The lowest BCUT2D eigenvalue weighted by atomic mass is 9.73. The number of hydrogen-bond acceptors (Lipinski definition) is 3. The number of carbonyl (C=O) groups is 2. The molecule has 7 heteroatoms. The quantitative estimate of drug-likeness (QED) is 0.823. The van der Waals surface area contributed by atoms with Crippen molar-refractivity contribution in [2.24, 2.45) is 5.92 Å². The Labute approximate surface area is 145 Å². The predicted octanol–water partition coefficient (Wildman–Crippen LogP) is 2.63. The normalized spacial score (nSPS) is 18.0. The van der Waals surface area contributed by atoms with Gasteiger partial charge in [0.05, 0.1) is 5.41 Å². The maximum absolute atomic E-state index is 14.4. The Morgan fingerprint density at radius 3 is 2.44 bits per heavy atom. The highest BCUT2D eigenvalue weighted by Crippen LogP contribution is 2.37. The number of aliphatic carboxylic acids is 1. The van der Waals surface area contributed by atoms with Gasteiger partial charge in [-0.25, -0.2) is 13.6 Å². The number of rotatable bonds is 6. The number of hydrogen-bond donors (Lipinski definition) is 2. The predicted molar refractivity (Wildman–Crippen MR) is 87.1 cm³/mol. The molecule has 138 valence electrons. The summed E-state index contributed by atoms with van der Waals surface area (Å²) in [5.74, 6) is -3.17. The summed E-state index contributed by atoms with van der Waals surface area (Å²) in [6.45, 7) is 4.19. The van der Waals surface area contributed by atoms with E-state index in [1.165, 1.54) is 6.07 Å². The van der Waals surface area contributed by atoms with Crippen LogP contribution in [0.1, 0.15) is 38.7 Å². The fourth-order valence-corrected chi connectivity index (χ4v) is 3.21. The van der Waals surface area contributed by atoms with Gasteiger partial charge in [-0.2, -0.15) is 0 Å². The van der Waals surface area contributed by atoms with Crippen LogP contribution in [0.4, 0.5) is 8.78 Å². The summed E-state index contributed by atoms with van der Waals surface area (Å²) in [6.07, 6.45) is 0.671. The third kappa shape index (κ3) is 4.34. The molecule has 1 saturated heterocycles. The monoisotopic (exact) mass is 355 g/mol. The molecular formula is C18H23F2NO4. The molecule has 1 amide bonds. The molecule has 2 rings (SSSR count). The summed E-state index contributed by atoms with van der Waals surface area (Å²) in [7, 11) is 0. The van der Waals surface area contributed by atoms with Gasteiger partial charge >= 0.3 is 5.97 Å². The standard InChI is InChI=1S/C18H23F2NO4/c1-11(2)9-15(16(22)23)21-17(24)18(5-7-25-8-6-18)13-4-3-12(19)10-14(13)20/h3-4,10-11,15H,5-9H2,1-2H3,(H,21,24)(H,22,23)/t15-/m1/s1. The van der Waals surface area contributed by atoms with Crippen LogP contribution in [0.25, 0.3) is 0 Å². The molecule has 5 nitrogen and oxygen atoms in total. The summed E-state index contributed by atoms with van der Waals surface area (Å²) < 4.78 is 32.9. The minimum absolute atomic E-state index is 0.0644. The van der Waals surface area contributed by atoms with E-state index in [2.05, 4.69) is 5.32 Å². The molecule has 0 saturated carbocycles. The van der Waals surface area contributed by atoms with E-state index in [1.807, 2.05) is 13.8 Å². The lowest BCUT2D eigenvalue weighted by Crippen LogP contribution is -2.53. The number of halogens is 2. The number of carboxylic acid groups (broad SMARTS) is 1. The molecule has 1 aromatic rings. The maximum atomic E-state index is 14.4. The van der Waals surface area contributed by atoms with Crippen molar-refractivity contribution in [1.29, 1.82) is 0 Å². The Kier molecular flexibility index (Phi) is 6.11. The fraction of sp³-hybridized carbons (Fsp3) is 0.556. The van der Waals surface area contributed by atoms with E-state index in [-0.39, 0.29) is 44.0 Å². The molecule has 1 aliphatic rings. The zero-order valence-corrected chi connectivity index (χ0v) is 14.4. The summed E-state index contributed by atoms with van der Waals surface area (Å²) in [5.41, 5.74) is -1.19. The average molecular weight is 355 g/mol. The smallest absolute Gasteiger partial charge is 0.326 e. The van der Waals surface area contributed by atoms with Gasteiger partial charge in [-0.1, -0.05) is 19.9 Å². The van der Waals surface area contributed by atoms with E-state index >= 15 is 0 Å². The minimum atomic E-state index is -1.26. The molecule has 2 N–H and O–H groups in total. The summed E-state index contributed by atoms with van der Waals surface area (Å²) in [6, 6.07) is 2.04. The van der Waals surface area contributed by atoms with Gasteiger partial charge in [0, 0.05) is 24.8 Å². The van der Waals surface area contributed by atoms with Gasteiger partial charge in [-0.05, 0) is 31.2 Å². The number of amides is 1. The molecule has 1 heterocycles. The van der Waals surface area contributed by atoms with Crippen molar-refractivity contribution in [3.63, 3.8) is 0 Å². The van der Waals surface area contributed by atoms with E-state index in [9.17, 15) is 23.5 Å². The van der Waals surface area contributed by atoms with Crippen molar-refractivity contribution >= 4 is 11.9 Å². The summed E-state index contributed by atoms with van der Waals surface area (Å²) in [5, 5.41) is 11.9. The first-order valence-corrected chi connectivity index (χ1v) is 8.33. The van der Waals surface area contributed by atoms with Crippen molar-refractivity contribution in [3.8, 4) is 0 Å². The molecule has 1 aromatic carbocycles. The Balaban J connectivity index is 2.36. The molecular weight excluding hydrogens is 332 g/mol. The molecule has 0 bridgehead atoms. The van der Waals surface area contributed by atoms with Crippen LogP contribution in [0, 0.1) is 17.6 Å². The topological polar surface area (TPSA) is 75.6 Å². The number of ether oxygens (including phenoxy) is 1. The maximum Gasteiger partial charge on any atom is 0.326 e. The fourth-order valence-electron chi connectivity index (χ4n) is 3.21. The number of carbonyl (C=O) groups excluding carboxylic acids is 1. The number of carboxylic acids is 1. The van der Waals surface area contributed by atoms with E-state index in [0.29, 0.717) is 0 Å². The first-order chi connectivity index (χ1) is 11.8. The minimum Gasteiger partial charge on any atom is -0.480 e. The Morgan fingerprint density at radius 2 is 1.92 bits per heavy atom. The Bertz CT molecular complexity index is 642. The summed E-state index contributed by atoms with van der Waals surface area (Å²) >= 11 is 0. The third-order valence-electron chi connectivity index (χ3n) is 4.54. The van der Waals surface area contributed by atoms with Gasteiger partial charge in [0.25, 0.3) is 0 Å².